The minimum absolute atomic E-state index is 0.126. The summed E-state index contributed by atoms with van der Waals surface area (Å²) >= 11 is 0. The average Bonchev–Trinajstić information content (AvgIpc) is 2.72. The standard InChI is InChI=1S/C13H15N3O/c1-3-16-12(9-10(2)15-16)13(17)14-11-7-5-4-6-8-11/h4-9H,3H2,1-2H3,(H,14,17). The summed E-state index contributed by atoms with van der Waals surface area (Å²) in [5, 5.41) is 7.09. The van der Waals surface area contributed by atoms with Gasteiger partial charge in [0.05, 0.1) is 5.69 Å². The number of hydrogen-bond donors (Lipinski definition) is 1. The van der Waals surface area contributed by atoms with E-state index in [0.717, 1.165) is 11.4 Å². The molecule has 17 heavy (non-hydrogen) atoms. The number of para-hydroxylation sites is 1. The molecule has 4 heteroatoms. The normalized spacial score (nSPS) is 10.2. The van der Waals surface area contributed by atoms with Crippen molar-refractivity contribution in [1.82, 2.24) is 9.78 Å². The average molecular weight is 229 g/mol. The Morgan fingerprint density at radius 3 is 2.71 bits per heavy atom. The van der Waals surface area contributed by atoms with Crippen LogP contribution >= 0.6 is 0 Å². The van der Waals surface area contributed by atoms with Gasteiger partial charge in [0.25, 0.3) is 5.91 Å². The second kappa shape index (κ2) is 4.82. The third kappa shape index (κ3) is 2.53. The summed E-state index contributed by atoms with van der Waals surface area (Å²) in [7, 11) is 0. The van der Waals surface area contributed by atoms with Crippen LogP contribution < -0.4 is 5.32 Å². The van der Waals surface area contributed by atoms with E-state index in [1.54, 1.807) is 10.7 Å². The zero-order valence-corrected chi connectivity index (χ0v) is 9.97. The maximum absolute atomic E-state index is 12.0. The van der Waals surface area contributed by atoms with Gasteiger partial charge in [-0.3, -0.25) is 9.48 Å². The van der Waals surface area contributed by atoms with Crippen LogP contribution in [0.1, 0.15) is 23.1 Å². The SMILES string of the molecule is CCn1nc(C)cc1C(=O)Nc1ccccc1. The Balaban J connectivity index is 2.20. The summed E-state index contributed by atoms with van der Waals surface area (Å²) in [5.74, 6) is -0.126. The maximum Gasteiger partial charge on any atom is 0.273 e. The van der Waals surface area contributed by atoms with Gasteiger partial charge in [-0.05, 0) is 32.0 Å². The lowest BCUT2D eigenvalue weighted by molar-refractivity contribution is 0.101. The van der Waals surface area contributed by atoms with Gasteiger partial charge in [0.2, 0.25) is 0 Å². The molecule has 0 spiro atoms. The van der Waals surface area contributed by atoms with Crippen molar-refractivity contribution in [2.45, 2.75) is 20.4 Å². The summed E-state index contributed by atoms with van der Waals surface area (Å²) in [6.07, 6.45) is 0. The number of aromatic nitrogens is 2. The molecule has 1 aromatic carbocycles. The lowest BCUT2D eigenvalue weighted by Crippen LogP contribution is -2.17. The Bertz CT molecular complexity index is 517. The first kappa shape index (κ1) is 11.4. The van der Waals surface area contributed by atoms with Crippen molar-refractivity contribution in [3.63, 3.8) is 0 Å². The quantitative estimate of drug-likeness (QED) is 0.878. The number of anilines is 1. The molecule has 1 N–H and O–H groups in total. The van der Waals surface area contributed by atoms with Crippen LogP contribution in [0.2, 0.25) is 0 Å². The monoisotopic (exact) mass is 229 g/mol. The molecule has 0 saturated carbocycles. The largest absolute Gasteiger partial charge is 0.321 e. The molecule has 1 aromatic heterocycles. The molecule has 1 amide bonds. The van der Waals surface area contributed by atoms with Crippen molar-refractivity contribution in [3.8, 4) is 0 Å². The van der Waals surface area contributed by atoms with Crippen molar-refractivity contribution >= 4 is 11.6 Å². The molecule has 0 unspecified atom stereocenters. The Hall–Kier alpha value is -2.10. The fraction of sp³-hybridized carbons (Fsp3) is 0.231. The van der Waals surface area contributed by atoms with Crippen molar-refractivity contribution in [3.05, 3.63) is 47.8 Å². The molecule has 0 fully saturated rings. The molecular formula is C13H15N3O. The molecule has 2 rings (SSSR count). The number of aryl methyl sites for hydroxylation is 2. The topological polar surface area (TPSA) is 46.9 Å². The number of nitrogens with zero attached hydrogens (tertiary/aromatic N) is 2. The summed E-state index contributed by atoms with van der Waals surface area (Å²) in [6.45, 7) is 4.53. The Morgan fingerprint density at radius 2 is 2.06 bits per heavy atom. The molecule has 0 bridgehead atoms. The van der Waals surface area contributed by atoms with E-state index in [1.165, 1.54) is 0 Å². The molecule has 0 aliphatic rings. The van der Waals surface area contributed by atoms with Crippen LogP contribution in [0.3, 0.4) is 0 Å². The fourth-order valence-corrected chi connectivity index (χ4v) is 1.69. The number of hydrogen-bond acceptors (Lipinski definition) is 2. The Kier molecular flexibility index (Phi) is 3.23. The van der Waals surface area contributed by atoms with Gasteiger partial charge in [0.1, 0.15) is 5.69 Å². The summed E-state index contributed by atoms with van der Waals surface area (Å²) < 4.78 is 1.70. The van der Waals surface area contributed by atoms with E-state index in [4.69, 9.17) is 0 Å². The van der Waals surface area contributed by atoms with Crippen LogP contribution in [0, 0.1) is 6.92 Å². The molecule has 0 aliphatic carbocycles. The Morgan fingerprint density at radius 1 is 1.35 bits per heavy atom. The van der Waals surface area contributed by atoms with Crippen molar-refractivity contribution in [2.75, 3.05) is 5.32 Å². The van der Waals surface area contributed by atoms with Crippen molar-refractivity contribution in [1.29, 1.82) is 0 Å². The summed E-state index contributed by atoms with van der Waals surface area (Å²) in [4.78, 5) is 12.0. The van der Waals surface area contributed by atoms with Crippen LogP contribution in [0.15, 0.2) is 36.4 Å². The van der Waals surface area contributed by atoms with Gasteiger partial charge in [-0.15, -0.1) is 0 Å². The van der Waals surface area contributed by atoms with Crippen molar-refractivity contribution in [2.24, 2.45) is 0 Å². The predicted octanol–water partition coefficient (Wildman–Crippen LogP) is 2.46. The van der Waals surface area contributed by atoms with Crippen LogP contribution in [0.25, 0.3) is 0 Å². The lowest BCUT2D eigenvalue weighted by Gasteiger charge is -2.06. The fourth-order valence-electron chi connectivity index (χ4n) is 1.69. The highest BCUT2D eigenvalue weighted by atomic mass is 16.2. The van der Waals surface area contributed by atoms with Crippen LogP contribution in [-0.2, 0) is 6.54 Å². The minimum Gasteiger partial charge on any atom is -0.321 e. The number of benzene rings is 1. The smallest absolute Gasteiger partial charge is 0.273 e. The lowest BCUT2D eigenvalue weighted by atomic mass is 10.3. The third-order valence-corrected chi connectivity index (χ3v) is 2.47. The predicted molar refractivity (Wildman–Crippen MR) is 67.0 cm³/mol. The van der Waals surface area contributed by atoms with Crippen molar-refractivity contribution < 1.29 is 4.79 Å². The van der Waals surface area contributed by atoms with E-state index in [-0.39, 0.29) is 5.91 Å². The number of rotatable bonds is 3. The minimum atomic E-state index is -0.126. The second-order valence-electron chi connectivity index (χ2n) is 3.81. The van der Waals surface area contributed by atoms with E-state index in [9.17, 15) is 4.79 Å². The number of carbonyl (C=O) groups is 1. The van der Waals surface area contributed by atoms with Crippen LogP contribution in [0.4, 0.5) is 5.69 Å². The van der Waals surface area contributed by atoms with Gasteiger partial charge in [0, 0.05) is 12.2 Å². The number of carbonyl (C=O) groups excluding carboxylic acids is 1. The first-order valence-corrected chi connectivity index (χ1v) is 5.61. The van der Waals surface area contributed by atoms with Gasteiger partial charge in [-0.25, -0.2) is 0 Å². The molecule has 1 heterocycles. The second-order valence-corrected chi connectivity index (χ2v) is 3.81. The van der Waals surface area contributed by atoms with E-state index >= 15 is 0 Å². The molecule has 2 aromatic rings. The molecular weight excluding hydrogens is 214 g/mol. The third-order valence-electron chi connectivity index (χ3n) is 2.47. The number of nitrogens with one attached hydrogen (secondary N) is 1. The van der Waals surface area contributed by atoms with Gasteiger partial charge in [-0.2, -0.15) is 5.10 Å². The summed E-state index contributed by atoms with van der Waals surface area (Å²) in [5.41, 5.74) is 2.23. The van der Waals surface area contributed by atoms with Gasteiger partial charge >= 0.3 is 0 Å². The van der Waals surface area contributed by atoms with E-state index in [1.807, 2.05) is 44.2 Å². The summed E-state index contributed by atoms with van der Waals surface area (Å²) in [6, 6.07) is 11.2. The molecule has 88 valence electrons. The molecule has 0 atom stereocenters. The number of amides is 1. The highest BCUT2D eigenvalue weighted by molar-refractivity contribution is 6.03. The van der Waals surface area contributed by atoms with E-state index < -0.39 is 0 Å². The Labute approximate surface area is 100 Å². The molecule has 0 saturated heterocycles. The first-order valence-electron chi connectivity index (χ1n) is 5.61. The molecule has 0 radical (unpaired) electrons. The molecule has 0 aliphatic heterocycles. The highest BCUT2D eigenvalue weighted by Gasteiger charge is 2.12. The maximum atomic E-state index is 12.0. The zero-order valence-electron chi connectivity index (χ0n) is 9.97. The molecule has 4 nitrogen and oxygen atoms in total. The van der Waals surface area contributed by atoms with E-state index in [2.05, 4.69) is 10.4 Å². The first-order chi connectivity index (χ1) is 8.20. The van der Waals surface area contributed by atoms with E-state index in [0.29, 0.717) is 12.2 Å². The zero-order chi connectivity index (χ0) is 12.3. The van der Waals surface area contributed by atoms with Gasteiger partial charge in [0.15, 0.2) is 0 Å². The van der Waals surface area contributed by atoms with Gasteiger partial charge in [-0.1, -0.05) is 18.2 Å². The van der Waals surface area contributed by atoms with Gasteiger partial charge < -0.3 is 5.32 Å². The van der Waals surface area contributed by atoms with Crippen LogP contribution in [0.5, 0.6) is 0 Å². The van der Waals surface area contributed by atoms with Crippen LogP contribution in [-0.4, -0.2) is 15.7 Å². The highest BCUT2D eigenvalue weighted by Crippen LogP contribution is 2.09.